The summed E-state index contributed by atoms with van der Waals surface area (Å²) in [5.41, 5.74) is -28.5. The molecule has 7 rings (SSSR count). The lowest BCUT2D eigenvalue weighted by molar-refractivity contribution is -0.687. The van der Waals surface area contributed by atoms with E-state index in [2.05, 4.69) is 35.2 Å². The maximum absolute atomic E-state index is 14.2. The lowest BCUT2D eigenvalue weighted by atomic mass is 9.12. The first-order chi connectivity index (χ1) is 36.0. The Hall–Kier alpha value is -7.42. The van der Waals surface area contributed by atoms with Crippen LogP contribution in [0.3, 0.4) is 0 Å². The van der Waals surface area contributed by atoms with Crippen LogP contribution in [0.4, 0.5) is 105 Å². The summed E-state index contributed by atoms with van der Waals surface area (Å²) in [4.78, 5) is 11.6. The van der Waals surface area contributed by atoms with Gasteiger partial charge in [-0.1, -0.05) is 78.9 Å². The van der Waals surface area contributed by atoms with E-state index in [1.807, 2.05) is 43.3 Å². The molecule has 0 radical (unpaired) electrons. The average Bonchev–Trinajstić information content (AvgIpc) is 3.53. The number of carbonyl (C=O) groups excluding carboxylic acids is 1. The molecule has 0 unspecified atom stereocenters. The quantitative estimate of drug-likeness (QED) is 0.0657. The molecule has 1 heterocycles. The first-order valence-corrected chi connectivity index (χ1v) is 22.0. The van der Waals surface area contributed by atoms with Crippen molar-refractivity contribution in [3.63, 3.8) is 0 Å². The van der Waals surface area contributed by atoms with Crippen LogP contribution >= 0.6 is 0 Å². The molecular formula is C51H30BF24NO2. The first kappa shape index (κ1) is 60.8. The van der Waals surface area contributed by atoms with Gasteiger partial charge in [-0.15, -0.1) is 0 Å². The normalized spacial score (nSPS) is 13.3. The molecule has 79 heavy (non-hydrogen) atoms. The molecule has 0 aliphatic rings. The van der Waals surface area contributed by atoms with Gasteiger partial charge in [0, 0.05) is 17.0 Å². The number of halogens is 24. The Morgan fingerprint density at radius 3 is 0.937 bits per heavy atom. The molecule has 28 heteroatoms. The summed E-state index contributed by atoms with van der Waals surface area (Å²) >= 11 is 0. The topological polar surface area (TPSA) is 30.2 Å². The van der Waals surface area contributed by atoms with Crippen molar-refractivity contribution in [3.05, 3.63) is 195 Å². The van der Waals surface area contributed by atoms with E-state index < -0.39 is 195 Å². The largest absolute Gasteiger partial charge is 0.462 e. The van der Waals surface area contributed by atoms with Crippen LogP contribution in [-0.2, 0) is 60.7 Å². The summed E-state index contributed by atoms with van der Waals surface area (Å²) in [6, 6.07) is 9.16. The number of aromatic nitrogens is 1. The minimum absolute atomic E-state index is 0.271. The molecule has 6 aromatic carbocycles. The molecule has 0 fully saturated rings. The van der Waals surface area contributed by atoms with E-state index in [-0.39, 0.29) is 5.97 Å². The van der Waals surface area contributed by atoms with Gasteiger partial charge in [-0.25, -0.2) is 9.36 Å². The Bertz CT molecular complexity index is 2910. The predicted molar refractivity (Wildman–Crippen MR) is 236 cm³/mol. The number of carbonyl (C=O) groups is 1. The maximum atomic E-state index is 14.2. The molecule has 0 N–H and O–H groups in total. The third-order valence-corrected chi connectivity index (χ3v) is 12.0. The van der Waals surface area contributed by atoms with Gasteiger partial charge in [-0.05, 0) is 54.8 Å². The second-order valence-electron chi connectivity index (χ2n) is 17.4. The molecule has 0 amide bonds. The van der Waals surface area contributed by atoms with Gasteiger partial charge in [0.1, 0.15) is 6.15 Å². The number of nitrogens with zero attached hydrogens (tertiary/aromatic N) is 1. The Morgan fingerprint density at radius 2 is 0.671 bits per heavy atom. The van der Waals surface area contributed by atoms with E-state index in [0.29, 0.717) is 12.2 Å². The van der Waals surface area contributed by atoms with Crippen LogP contribution in [0.25, 0.3) is 10.8 Å². The van der Waals surface area contributed by atoms with Gasteiger partial charge in [0.25, 0.3) is 0 Å². The van der Waals surface area contributed by atoms with Crippen molar-refractivity contribution in [2.75, 3.05) is 6.61 Å². The van der Waals surface area contributed by atoms with Crippen LogP contribution in [0, 0.1) is 0 Å². The molecule has 0 saturated heterocycles. The van der Waals surface area contributed by atoms with Crippen LogP contribution in [0.1, 0.15) is 67.4 Å². The number of alkyl halides is 24. The third-order valence-electron chi connectivity index (χ3n) is 12.0. The number of rotatable bonds is 8. The van der Waals surface area contributed by atoms with Crippen molar-refractivity contribution in [2.45, 2.75) is 62.9 Å². The van der Waals surface area contributed by atoms with Crippen molar-refractivity contribution < 1.29 is 119 Å². The van der Waals surface area contributed by atoms with Gasteiger partial charge in [0.2, 0.25) is 0 Å². The average molecular weight is 1160 g/mol. The van der Waals surface area contributed by atoms with Crippen molar-refractivity contribution >= 4 is 44.7 Å². The van der Waals surface area contributed by atoms with E-state index in [9.17, 15) is 110 Å². The zero-order valence-corrected chi connectivity index (χ0v) is 39.1. The molecule has 0 saturated carbocycles. The second-order valence-corrected chi connectivity index (χ2v) is 17.4. The fourth-order valence-electron chi connectivity index (χ4n) is 8.52. The summed E-state index contributed by atoms with van der Waals surface area (Å²) in [6.45, 7) is 2.98. The minimum atomic E-state index is -6.13. The molecular weight excluding hydrogens is 1130 g/mol. The smallest absolute Gasteiger partial charge is 0.416 e. The third kappa shape index (κ3) is 14.1. The monoisotopic (exact) mass is 1160 g/mol. The lowest BCUT2D eigenvalue weighted by Crippen LogP contribution is -2.75. The zero-order chi connectivity index (χ0) is 59.3. The molecule has 3 nitrogen and oxygen atoms in total. The van der Waals surface area contributed by atoms with Crippen molar-refractivity contribution in [2.24, 2.45) is 0 Å². The van der Waals surface area contributed by atoms with Gasteiger partial charge >= 0.3 is 55.4 Å². The molecule has 0 bridgehead atoms. The Kier molecular flexibility index (Phi) is 16.4. The molecule has 7 aromatic rings. The Balaban J connectivity index is 0.000000378. The number of hydrogen-bond donors (Lipinski definition) is 0. The zero-order valence-electron chi connectivity index (χ0n) is 39.1. The molecule has 0 atom stereocenters. The summed E-state index contributed by atoms with van der Waals surface area (Å²) in [6.07, 6.45) is -50.6. The Labute approximate surface area is 428 Å². The van der Waals surface area contributed by atoms with E-state index >= 15 is 0 Å². The van der Waals surface area contributed by atoms with Crippen molar-refractivity contribution in [1.82, 2.24) is 0 Å². The fraction of sp³-hybridized carbons (Fsp3) is 0.216. The number of pyridine rings is 1. The highest BCUT2D eigenvalue weighted by molar-refractivity contribution is 7.20. The van der Waals surface area contributed by atoms with E-state index in [1.165, 1.54) is 10.8 Å². The highest BCUT2D eigenvalue weighted by Crippen LogP contribution is 2.41. The van der Waals surface area contributed by atoms with Crippen LogP contribution in [0.15, 0.2) is 140 Å². The minimum Gasteiger partial charge on any atom is -0.462 e. The number of fused-ring (bicyclic) bond motifs is 1. The summed E-state index contributed by atoms with van der Waals surface area (Å²) in [5.74, 6) is -0.271. The van der Waals surface area contributed by atoms with Gasteiger partial charge < -0.3 is 4.74 Å². The summed E-state index contributed by atoms with van der Waals surface area (Å²) < 4.78 is 348. The van der Waals surface area contributed by atoms with Gasteiger partial charge in [-0.3, -0.25) is 0 Å². The molecule has 1 aromatic heterocycles. The number of benzene rings is 6. The molecule has 0 aliphatic carbocycles. The molecule has 422 valence electrons. The highest BCUT2D eigenvalue weighted by Gasteiger charge is 2.47. The molecule has 0 spiro atoms. The van der Waals surface area contributed by atoms with Gasteiger partial charge in [0.05, 0.1) is 56.7 Å². The maximum Gasteiger partial charge on any atom is 0.416 e. The lowest BCUT2D eigenvalue weighted by Gasteiger charge is -2.46. The van der Waals surface area contributed by atoms with Gasteiger partial charge in [-0.2, -0.15) is 127 Å². The number of hydrogen-bond acceptors (Lipinski definition) is 2. The van der Waals surface area contributed by atoms with E-state index in [1.54, 1.807) is 0 Å². The van der Waals surface area contributed by atoms with Crippen LogP contribution in [0.5, 0.6) is 0 Å². The fourth-order valence-corrected chi connectivity index (χ4v) is 8.52. The SMILES string of the molecule is CCOC(=O)c1ccc(C[n+]2ccc3ccccc3c2)cc1.FC(F)(F)c1cc([B-](c2cc(C(F)(F)F)cc(C(F)(F)F)c2)(c2cc(C(F)(F)F)cc(C(F)(F)F)c2)c2cc(C(F)(F)F)cc(C(F)(F)F)c2)cc(C(F)(F)F)c1. The predicted octanol–water partition coefficient (Wildman–Crippen LogP) is 14.6. The van der Waals surface area contributed by atoms with Crippen LogP contribution < -0.4 is 26.4 Å². The highest BCUT2D eigenvalue weighted by atomic mass is 19.4. The number of ether oxygens (including phenoxy) is 1. The van der Waals surface area contributed by atoms with E-state index in [0.717, 1.165) is 12.1 Å². The van der Waals surface area contributed by atoms with Crippen LogP contribution in [-0.4, -0.2) is 18.7 Å². The first-order valence-electron chi connectivity index (χ1n) is 22.0. The van der Waals surface area contributed by atoms with Gasteiger partial charge in [0.15, 0.2) is 18.9 Å². The summed E-state index contributed by atoms with van der Waals surface area (Å²) in [5, 5.41) is 2.45. The second kappa shape index (κ2) is 21.3. The van der Waals surface area contributed by atoms with E-state index in [4.69, 9.17) is 4.74 Å². The summed E-state index contributed by atoms with van der Waals surface area (Å²) in [7, 11) is 0. The Morgan fingerprint density at radius 1 is 0.392 bits per heavy atom. The standard InChI is InChI=1S/C32H12BF24.C19H18NO2/c34-25(35,36)13-1-14(26(37,38)39)6-21(5-13)33(22-7-15(27(40,41)42)2-16(8-22)28(43,44)45,23-9-17(29(46,47)48)3-18(10-23)30(49,50)51)24-11-19(31(52,53)54)4-20(12-24)32(55,56)57;1-2-22-19(21)17-9-7-15(8-10-17)13-20-12-11-16-5-3-4-6-18(16)14-20/h1-12H;3-12,14H,2,13H2,1H3/q-1;+1. The number of esters is 1. The molecule has 0 aliphatic heterocycles. The van der Waals surface area contributed by atoms with Crippen LogP contribution in [0.2, 0.25) is 0 Å². The van der Waals surface area contributed by atoms with Crippen molar-refractivity contribution in [3.8, 4) is 0 Å². The van der Waals surface area contributed by atoms with Crippen molar-refractivity contribution in [1.29, 1.82) is 0 Å².